The zero-order valence-electron chi connectivity index (χ0n) is 11.8. The third-order valence-electron chi connectivity index (χ3n) is 2.88. The normalized spacial score (nSPS) is 10.0. The topological polar surface area (TPSA) is 104 Å². The molecule has 7 nitrogen and oxygen atoms in total. The highest BCUT2D eigenvalue weighted by atomic mass is 32.1. The maximum Gasteiger partial charge on any atom is 0.253 e. The van der Waals surface area contributed by atoms with Gasteiger partial charge in [0.1, 0.15) is 11.8 Å². The van der Waals surface area contributed by atoms with Crippen LogP contribution < -0.4 is 5.32 Å². The zero-order valence-corrected chi connectivity index (χ0v) is 12.6. The van der Waals surface area contributed by atoms with E-state index in [1.54, 1.807) is 24.5 Å². The van der Waals surface area contributed by atoms with Gasteiger partial charge in [0, 0.05) is 24.0 Å². The number of nitriles is 1. The Balaban J connectivity index is 1.63. The van der Waals surface area contributed by atoms with Crippen LogP contribution in [0.25, 0.3) is 10.8 Å². The van der Waals surface area contributed by atoms with Crippen LogP contribution in [-0.4, -0.2) is 25.8 Å². The van der Waals surface area contributed by atoms with Crippen LogP contribution in [0.3, 0.4) is 0 Å². The summed E-state index contributed by atoms with van der Waals surface area (Å²) < 4.78 is 0. The Bertz CT molecular complexity index is 854. The fourth-order valence-electron chi connectivity index (χ4n) is 1.77. The summed E-state index contributed by atoms with van der Waals surface area (Å²) in [5, 5.41) is 14.0. The van der Waals surface area contributed by atoms with Crippen molar-refractivity contribution in [2.24, 2.45) is 0 Å². The quantitative estimate of drug-likeness (QED) is 0.785. The van der Waals surface area contributed by atoms with E-state index in [1.165, 1.54) is 23.6 Å². The maximum absolute atomic E-state index is 12.0. The standard InChI is InChI=1S/C15H10N6OS/c16-6-11-3-2-10(7-19-11)14(22)20-8-12-9-23-15(21-12)13-17-4-1-5-18-13/h1-5,7,9H,8H2,(H,20,22). The summed E-state index contributed by atoms with van der Waals surface area (Å²) in [6.45, 7) is 0.294. The number of aromatic nitrogens is 4. The highest BCUT2D eigenvalue weighted by Gasteiger charge is 2.09. The van der Waals surface area contributed by atoms with Crippen molar-refractivity contribution in [1.82, 2.24) is 25.3 Å². The number of thiazole rings is 1. The van der Waals surface area contributed by atoms with Gasteiger partial charge in [0.15, 0.2) is 10.8 Å². The molecule has 3 rings (SSSR count). The van der Waals surface area contributed by atoms with E-state index in [-0.39, 0.29) is 11.6 Å². The number of carbonyl (C=O) groups excluding carboxylic acids is 1. The first-order valence-corrected chi connectivity index (χ1v) is 7.50. The number of carbonyl (C=O) groups is 1. The summed E-state index contributed by atoms with van der Waals surface area (Å²) >= 11 is 1.42. The van der Waals surface area contributed by atoms with E-state index in [4.69, 9.17) is 5.26 Å². The first kappa shape index (κ1) is 14.7. The highest BCUT2D eigenvalue weighted by Crippen LogP contribution is 2.19. The van der Waals surface area contributed by atoms with Crippen molar-refractivity contribution < 1.29 is 4.79 Å². The minimum absolute atomic E-state index is 0.271. The second-order valence-electron chi connectivity index (χ2n) is 4.44. The van der Waals surface area contributed by atoms with Crippen LogP contribution in [-0.2, 0) is 6.54 Å². The van der Waals surface area contributed by atoms with E-state index in [0.717, 1.165) is 5.69 Å². The molecule has 0 atom stereocenters. The van der Waals surface area contributed by atoms with Crippen molar-refractivity contribution in [2.45, 2.75) is 6.54 Å². The van der Waals surface area contributed by atoms with Crippen molar-refractivity contribution >= 4 is 17.2 Å². The first-order valence-electron chi connectivity index (χ1n) is 6.62. The smallest absolute Gasteiger partial charge is 0.253 e. The van der Waals surface area contributed by atoms with Crippen molar-refractivity contribution in [3.63, 3.8) is 0 Å². The molecule has 3 aromatic heterocycles. The molecule has 0 spiro atoms. The van der Waals surface area contributed by atoms with Gasteiger partial charge in [0.25, 0.3) is 5.91 Å². The molecular formula is C15H10N6OS. The minimum Gasteiger partial charge on any atom is -0.346 e. The molecule has 0 aliphatic heterocycles. The molecule has 112 valence electrons. The molecule has 3 heterocycles. The van der Waals surface area contributed by atoms with E-state index >= 15 is 0 Å². The van der Waals surface area contributed by atoms with Gasteiger partial charge in [-0.05, 0) is 18.2 Å². The highest BCUT2D eigenvalue weighted by molar-refractivity contribution is 7.13. The molecule has 1 amide bonds. The Labute approximate surface area is 135 Å². The molecular weight excluding hydrogens is 312 g/mol. The molecule has 0 saturated carbocycles. The lowest BCUT2D eigenvalue weighted by molar-refractivity contribution is 0.0950. The fraction of sp³-hybridized carbons (Fsp3) is 0.0667. The number of nitrogens with zero attached hydrogens (tertiary/aromatic N) is 5. The van der Waals surface area contributed by atoms with Crippen molar-refractivity contribution in [1.29, 1.82) is 5.26 Å². The number of amides is 1. The fourth-order valence-corrected chi connectivity index (χ4v) is 2.53. The first-order chi connectivity index (χ1) is 11.3. The summed E-state index contributed by atoms with van der Waals surface area (Å²) in [5.41, 5.74) is 1.40. The molecule has 0 unspecified atom stereocenters. The van der Waals surface area contributed by atoms with Crippen molar-refractivity contribution in [2.75, 3.05) is 0 Å². The average molecular weight is 322 g/mol. The third-order valence-corrected chi connectivity index (χ3v) is 3.77. The number of rotatable bonds is 4. The SMILES string of the molecule is N#Cc1ccc(C(=O)NCc2csc(-c3ncccn3)n2)cn1. The summed E-state index contributed by atoms with van der Waals surface area (Å²) in [5.74, 6) is 0.291. The lowest BCUT2D eigenvalue weighted by atomic mass is 10.2. The van der Waals surface area contributed by atoms with E-state index in [9.17, 15) is 4.79 Å². The molecule has 0 bridgehead atoms. The van der Waals surface area contributed by atoms with E-state index in [0.29, 0.717) is 22.9 Å². The van der Waals surface area contributed by atoms with Gasteiger partial charge in [-0.3, -0.25) is 4.79 Å². The number of nitrogens with one attached hydrogen (secondary N) is 1. The molecule has 0 aliphatic rings. The molecule has 0 aromatic carbocycles. The number of hydrogen-bond acceptors (Lipinski definition) is 7. The molecule has 1 N–H and O–H groups in total. The Morgan fingerprint density at radius 2 is 2.09 bits per heavy atom. The molecule has 0 radical (unpaired) electrons. The predicted molar refractivity (Wildman–Crippen MR) is 83.3 cm³/mol. The van der Waals surface area contributed by atoms with Gasteiger partial charge in [0.2, 0.25) is 0 Å². The predicted octanol–water partition coefficient (Wildman–Crippen LogP) is 1.80. The molecule has 23 heavy (non-hydrogen) atoms. The summed E-state index contributed by atoms with van der Waals surface area (Å²) in [6, 6.07) is 6.71. The summed E-state index contributed by atoms with van der Waals surface area (Å²) in [4.78, 5) is 28.5. The largest absolute Gasteiger partial charge is 0.346 e. The Morgan fingerprint density at radius 1 is 1.26 bits per heavy atom. The van der Waals surface area contributed by atoms with Crippen molar-refractivity contribution in [3.8, 4) is 16.9 Å². The van der Waals surface area contributed by atoms with Gasteiger partial charge in [0.05, 0.1) is 17.8 Å². The maximum atomic E-state index is 12.0. The summed E-state index contributed by atoms with van der Waals surface area (Å²) in [6.07, 6.45) is 4.68. The Morgan fingerprint density at radius 3 is 2.78 bits per heavy atom. The number of hydrogen-bond donors (Lipinski definition) is 1. The Hall–Kier alpha value is -3.18. The van der Waals surface area contributed by atoms with Crippen LogP contribution in [0.1, 0.15) is 21.7 Å². The lowest BCUT2D eigenvalue weighted by Gasteiger charge is -2.02. The van der Waals surface area contributed by atoms with Gasteiger partial charge in [-0.1, -0.05) is 0 Å². The lowest BCUT2D eigenvalue weighted by Crippen LogP contribution is -2.23. The molecule has 0 saturated heterocycles. The van der Waals surface area contributed by atoms with Crippen LogP contribution >= 0.6 is 11.3 Å². The summed E-state index contributed by atoms with van der Waals surface area (Å²) in [7, 11) is 0. The molecule has 8 heteroatoms. The van der Waals surface area contributed by atoms with Crippen molar-refractivity contribution in [3.05, 3.63) is 59.1 Å². The van der Waals surface area contributed by atoms with Gasteiger partial charge >= 0.3 is 0 Å². The van der Waals surface area contributed by atoms with E-state index < -0.39 is 0 Å². The van der Waals surface area contributed by atoms with Gasteiger partial charge < -0.3 is 5.32 Å². The third kappa shape index (κ3) is 3.53. The molecule has 0 aliphatic carbocycles. The van der Waals surface area contributed by atoms with E-state index in [2.05, 4.69) is 25.3 Å². The zero-order chi connectivity index (χ0) is 16.1. The monoisotopic (exact) mass is 322 g/mol. The van der Waals surface area contributed by atoms with Crippen LogP contribution in [0.5, 0.6) is 0 Å². The van der Waals surface area contributed by atoms with Crippen LogP contribution in [0, 0.1) is 11.3 Å². The average Bonchev–Trinajstić information content (AvgIpc) is 3.09. The molecule has 3 aromatic rings. The van der Waals surface area contributed by atoms with Crippen LogP contribution in [0.15, 0.2) is 42.2 Å². The van der Waals surface area contributed by atoms with Gasteiger partial charge in [-0.15, -0.1) is 11.3 Å². The number of pyridine rings is 1. The second kappa shape index (κ2) is 6.72. The van der Waals surface area contributed by atoms with Crippen LogP contribution in [0.4, 0.5) is 0 Å². The van der Waals surface area contributed by atoms with Gasteiger partial charge in [-0.25, -0.2) is 19.9 Å². The Kier molecular flexibility index (Phi) is 4.31. The van der Waals surface area contributed by atoms with Crippen LogP contribution in [0.2, 0.25) is 0 Å². The van der Waals surface area contributed by atoms with Gasteiger partial charge in [-0.2, -0.15) is 5.26 Å². The minimum atomic E-state index is -0.271. The van der Waals surface area contributed by atoms with E-state index in [1.807, 2.05) is 11.4 Å². The molecule has 0 fully saturated rings. The second-order valence-corrected chi connectivity index (χ2v) is 5.30.